The Bertz CT molecular complexity index is 720. The van der Waals surface area contributed by atoms with E-state index in [4.69, 9.17) is 16.3 Å². The van der Waals surface area contributed by atoms with E-state index in [1.54, 1.807) is 49.6 Å². The van der Waals surface area contributed by atoms with E-state index >= 15 is 0 Å². The van der Waals surface area contributed by atoms with Gasteiger partial charge >= 0.3 is 0 Å². The number of benzene rings is 2. The molecule has 0 saturated carbocycles. The zero-order valence-corrected chi connectivity index (χ0v) is 15.1. The normalized spacial score (nSPS) is 10.0. The molecule has 2 amide bonds. The van der Waals surface area contributed by atoms with Gasteiger partial charge in [-0.15, -0.1) is 0 Å². The molecule has 0 radical (unpaired) electrons. The number of amides is 2. The smallest absolute Gasteiger partial charge is 0.269 e. The summed E-state index contributed by atoms with van der Waals surface area (Å²) >= 11 is 7.86. The molecule has 0 spiro atoms. The van der Waals surface area contributed by atoms with Crippen LogP contribution in [0.25, 0.3) is 0 Å². The van der Waals surface area contributed by atoms with Crippen molar-refractivity contribution in [3.05, 3.63) is 62.2 Å². The molecule has 2 N–H and O–H groups in total. The van der Waals surface area contributed by atoms with Crippen molar-refractivity contribution in [1.82, 2.24) is 10.9 Å². The van der Waals surface area contributed by atoms with E-state index in [0.717, 1.165) is 9.13 Å². The maximum atomic E-state index is 12.0. The predicted molar refractivity (Wildman–Crippen MR) is 96.5 cm³/mol. The first-order chi connectivity index (χ1) is 11.0. The average Bonchev–Trinajstić information content (AvgIpc) is 2.54. The summed E-state index contributed by atoms with van der Waals surface area (Å²) in [5.41, 5.74) is 6.01. The van der Waals surface area contributed by atoms with Crippen LogP contribution in [0, 0.1) is 3.57 Å². The van der Waals surface area contributed by atoms with Crippen molar-refractivity contribution in [2.45, 2.75) is 6.42 Å². The second kappa shape index (κ2) is 8.16. The molecule has 0 fully saturated rings. The van der Waals surface area contributed by atoms with Gasteiger partial charge in [-0.1, -0.05) is 23.7 Å². The molecule has 120 valence electrons. The van der Waals surface area contributed by atoms with Crippen LogP contribution in [-0.4, -0.2) is 18.9 Å². The van der Waals surface area contributed by atoms with Crippen LogP contribution >= 0.6 is 34.2 Å². The number of hydrazine groups is 1. The van der Waals surface area contributed by atoms with Crippen molar-refractivity contribution in [2.75, 3.05) is 7.11 Å². The van der Waals surface area contributed by atoms with Crippen LogP contribution in [0.1, 0.15) is 15.9 Å². The lowest BCUT2D eigenvalue weighted by Gasteiger charge is -2.09. The summed E-state index contributed by atoms with van der Waals surface area (Å²) in [6, 6.07) is 11.9. The Morgan fingerprint density at radius 1 is 1.13 bits per heavy atom. The van der Waals surface area contributed by atoms with Crippen LogP contribution in [-0.2, 0) is 11.2 Å². The second-order valence-electron chi connectivity index (χ2n) is 4.65. The molecule has 0 bridgehead atoms. The molecule has 0 aliphatic heterocycles. The average molecular weight is 445 g/mol. The standard InChI is InChI=1S/C16H14ClIN2O3/c1-23-14-7-4-11(9-13(14)18)16(22)20-19-15(21)8-10-2-5-12(17)6-3-10/h2-7,9H,8H2,1H3,(H,19,21)(H,20,22). The van der Waals surface area contributed by atoms with Gasteiger partial charge in [0.1, 0.15) is 5.75 Å². The van der Waals surface area contributed by atoms with Crippen LogP contribution in [0.2, 0.25) is 5.02 Å². The molecule has 2 rings (SSSR count). The van der Waals surface area contributed by atoms with Crippen molar-refractivity contribution in [1.29, 1.82) is 0 Å². The maximum absolute atomic E-state index is 12.0. The van der Waals surface area contributed by atoms with Gasteiger partial charge in [0, 0.05) is 10.6 Å². The minimum Gasteiger partial charge on any atom is -0.496 e. The Hall–Kier alpha value is -1.80. The van der Waals surface area contributed by atoms with Crippen molar-refractivity contribution < 1.29 is 14.3 Å². The molecule has 0 heterocycles. The molecule has 7 heteroatoms. The first-order valence-electron chi connectivity index (χ1n) is 6.67. The summed E-state index contributed by atoms with van der Waals surface area (Å²) in [7, 11) is 1.56. The molecular formula is C16H14ClIN2O3. The summed E-state index contributed by atoms with van der Waals surface area (Å²) < 4.78 is 5.94. The fourth-order valence-corrected chi connectivity index (χ4v) is 2.70. The highest BCUT2D eigenvalue weighted by molar-refractivity contribution is 14.1. The number of methoxy groups -OCH3 is 1. The van der Waals surface area contributed by atoms with Crippen molar-refractivity contribution >= 4 is 46.0 Å². The molecular weight excluding hydrogens is 431 g/mol. The van der Waals surface area contributed by atoms with Gasteiger partial charge in [-0.25, -0.2) is 0 Å². The molecule has 0 aliphatic rings. The van der Waals surface area contributed by atoms with Gasteiger partial charge in [0.2, 0.25) is 5.91 Å². The topological polar surface area (TPSA) is 67.4 Å². The van der Waals surface area contributed by atoms with E-state index < -0.39 is 5.91 Å². The summed E-state index contributed by atoms with van der Waals surface area (Å²) in [6.45, 7) is 0. The highest BCUT2D eigenvalue weighted by atomic mass is 127. The third kappa shape index (κ3) is 5.11. The molecule has 5 nitrogen and oxygen atoms in total. The lowest BCUT2D eigenvalue weighted by molar-refractivity contribution is -0.121. The molecule has 0 aliphatic carbocycles. The van der Waals surface area contributed by atoms with Gasteiger partial charge in [-0.2, -0.15) is 0 Å². The Labute approximate surface area is 152 Å². The molecule has 2 aromatic rings. The Kier molecular flexibility index (Phi) is 6.23. The molecule has 23 heavy (non-hydrogen) atoms. The fraction of sp³-hybridized carbons (Fsp3) is 0.125. The monoisotopic (exact) mass is 444 g/mol. The fourth-order valence-electron chi connectivity index (χ4n) is 1.84. The summed E-state index contributed by atoms with van der Waals surface area (Å²) in [5.74, 6) is -0.0205. The number of carbonyl (C=O) groups is 2. The summed E-state index contributed by atoms with van der Waals surface area (Å²) in [4.78, 5) is 23.8. The van der Waals surface area contributed by atoms with Crippen LogP contribution in [0.5, 0.6) is 5.75 Å². The first kappa shape index (κ1) is 17.6. The van der Waals surface area contributed by atoms with E-state index in [-0.39, 0.29) is 12.3 Å². The molecule has 0 saturated heterocycles. The number of rotatable bonds is 4. The lowest BCUT2D eigenvalue weighted by atomic mass is 10.1. The summed E-state index contributed by atoms with van der Waals surface area (Å²) in [6.07, 6.45) is 0.150. The lowest BCUT2D eigenvalue weighted by Crippen LogP contribution is -2.42. The zero-order chi connectivity index (χ0) is 16.8. The molecule has 0 atom stereocenters. The largest absolute Gasteiger partial charge is 0.496 e. The van der Waals surface area contributed by atoms with Crippen LogP contribution in [0.3, 0.4) is 0 Å². The molecule has 0 unspecified atom stereocenters. The van der Waals surface area contributed by atoms with E-state index in [0.29, 0.717) is 16.3 Å². The molecule has 0 aromatic heterocycles. The van der Waals surface area contributed by atoms with Gasteiger partial charge < -0.3 is 4.74 Å². The number of hydrogen-bond donors (Lipinski definition) is 2. The van der Waals surface area contributed by atoms with Crippen molar-refractivity contribution in [3.8, 4) is 5.75 Å². The second-order valence-corrected chi connectivity index (χ2v) is 6.25. The highest BCUT2D eigenvalue weighted by Crippen LogP contribution is 2.21. The number of hydrogen-bond acceptors (Lipinski definition) is 3. The van der Waals surface area contributed by atoms with Gasteiger partial charge in [0.15, 0.2) is 0 Å². The van der Waals surface area contributed by atoms with E-state index in [1.807, 2.05) is 0 Å². The van der Waals surface area contributed by atoms with Gasteiger partial charge in [-0.3, -0.25) is 20.4 Å². The minimum absolute atomic E-state index is 0.150. The molecule has 2 aromatic carbocycles. The SMILES string of the molecule is COc1ccc(C(=O)NNC(=O)Cc2ccc(Cl)cc2)cc1I. The number of carbonyl (C=O) groups excluding carboxylic acids is 2. The van der Waals surface area contributed by atoms with Gasteiger partial charge in [-0.05, 0) is 58.5 Å². The third-order valence-electron chi connectivity index (χ3n) is 3.01. The Balaban J connectivity index is 1.89. The van der Waals surface area contributed by atoms with Crippen molar-refractivity contribution in [2.24, 2.45) is 0 Å². The Morgan fingerprint density at radius 2 is 1.83 bits per heavy atom. The third-order valence-corrected chi connectivity index (χ3v) is 4.10. The van der Waals surface area contributed by atoms with Crippen LogP contribution < -0.4 is 15.6 Å². The van der Waals surface area contributed by atoms with Gasteiger partial charge in [0.05, 0.1) is 17.1 Å². The summed E-state index contributed by atoms with van der Waals surface area (Å²) in [5, 5.41) is 0.608. The minimum atomic E-state index is -0.393. The number of ether oxygens (including phenoxy) is 1. The van der Waals surface area contributed by atoms with E-state index in [1.165, 1.54) is 0 Å². The predicted octanol–water partition coefficient (Wildman–Crippen LogP) is 2.96. The number of nitrogens with one attached hydrogen (secondary N) is 2. The number of halogens is 2. The zero-order valence-electron chi connectivity index (χ0n) is 12.2. The Morgan fingerprint density at radius 3 is 2.43 bits per heavy atom. The van der Waals surface area contributed by atoms with Crippen LogP contribution in [0.4, 0.5) is 0 Å². The van der Waals surface area contributed by atoms with E-state index in [9.17, 15) is 9.59 Å². The van der Waals surface area contributed by atoms with Crippen LogP contribution in [0.15, 0.2) is 42.5 Å². The highest BCUT2D eigenvalue weighted by Gasteiger charge is 2.10. The van der Waals surface area contributed by atoms with Crippen molar-refractivity contribution in [3.63, 3.8) is 0 Å². The van der Waals surface area contributed by atoms with E-state index in [2.05, 4.69) is 33.4 Å². The first-order valence-corrected chi connectivity index (χ1v) is 8.12. The quantitative estimate of drug-likeness (QED) is 0.563. The maximum Gasteiger partial charge on any atom is 0.269 e. The van der Waals surface area contributed by atoms with Gasteiger partial charge in [0.25, 0.3) is 5.91 Å².